The van der Waals surface area contributed by atoms with E-state index in [1.54, 1.807) is 6.92 Å². The Kier molecular flexibility index (Phi) is 5.60. The van der Waals surface area contributed by atoms with Crippen molar-refractivity contribution in [3.05, 3.63) is 0 Å². The van der Waals surface area contributed by atoms with E-state index in [-0.39, 0.29) is 11.4 Å². The first-order chi connectivity index (χ1) is 8.89. The van der Waals surface area contributed by atoms with E-state index in [4.69, 9.17) is 9.84 Å². The highest BCUT2D eigenvalue weighted by atomic mass is 16.5. The van der Waals surface area contributed by atoms with Crippen molar-refractivity contribution >= 4 is 12.0 Å². The van der Waals surface area contributed by atoms with E-state index in [2.05, 4.69) is 12.2 Å². The minimum Gasteiger partial charge on any atom is -0.480 e. The molecule has 0 bridgehead atoms. The van der Waals surface area contributed by atoms with E-state index in [1.165, 1.54) is 11.9 Å². The molecule has 0 aromatic carbocycles. The molecule has 1 heterocycles. The molecular weight excluding hydrogens is 248 g/mol. The molecule has 2 amide bonds. The third-order valence-electron chi connectivity index (χ3n) is 3.83. The Morgan fingerprint density at radius 3 is 2.47 bits per heavy atom. The van der Waals surface area contributed by atoms with Gasteiger partial charge in [-0.3, -0.25) is 0 Å². The molecule has 0 radical (unpaired) electrons. The normalized spacial score (nSPS) is 19.5. The second-order valence-electron chi connectivity index (χ2n) is 5.45. The minimum absolute atomic E-state index is 0.0414. The molecule has 1 unspecified atom stereocenters. The van der Waals surface area contributed by atoms with Crippen LogP contribution in [0.15, 0.2) is 0 Å². The Bertz CT molecular complexity index is 327. The molecule has 0 aliphatic carbocycles. The lowest BCUT2D eigenvalue weighted by Gasteiger charge is -2.34. The first-order valence-electron chi connectivity index (χ1n) is 6.71. The molecule has 19 heavy (non-hydrogen) atoms. The summed E-state index contributed by atoms with van der Waals surface area (Å²) in [4.78, 5) is 24.2. The molecule has 0 saturated carbocycles. The first kappa shape index (κ1) is 15.8. The van der Waals surface area contributed by atoms with Gasteiger partial charge in [0.15, 0.2) is 0 Å². The summed E-state index contributed by atoms with van der Waals surface area (Å²) in [5.74, 6) is -0.975. The van der Waals surface area contributed by atoms with Gasteiger partial charge in [-0.15, -0.1) is 0 Å². The summed E-state index contributed by atoms with van der Waals surface area (Å²) in [5, 5.41) is 11.9. The zero-order chi connectivity index (χ0) is 14.5. The Hall–Kier alpha value is -1.30. The SMILES string of the molecule is CCC(C(=O)O)N(C)C(=O)NCC1(C)CCOCC1. The standard InChI is InChI=1S/C13H24N2O4/c1-4-10(11(16)17)15(3)12(18)14-9-13(2)5-7-19-8-6-13/h10H,4-9H2,1-3H3,(H,14,18)(H,16,17). The van der Waals surface area contributed by atoms with Crippen LogP contribution in [0.5, 0.6) is 0 Å². The molecule has 110 valence electrons. The van der Waals surface area contributed by atoms with Crippen molar-refractivity contribution in [1.29, 1.82) is 0 Å². The number of nitrogens with zero attached hydrogens (tertiary/aromatic N) is 1. The first-order valence-corrected chi connectivity index (χ1v) is 6.71. The Morgan fingerprint density at radius 2 is 2.00 bits per heavy atom. The number of rotatable bonds is 5. The number of likely N-dealkylation sites (N-methyl/N-ethyl adjacent to an activating group) is 1. The number of amides is 2. The number of carboxylic acid groups (broad SMARTS) is 1. The van der Waals surface area contributed by atoms with Gasteiger partial charge in [0, 0.05) is 26.8 Å². The zero-order valence-corrected chi connectivity index (χ0v) is 11.9. The van der Waals surface area contributed by atoms with Gasteiger partial charge in [-0.2, -0.15) is 0 Å². The number of aliphatic carboxylic acids is 1. The average Bonchev–Trinajstić information content (AvgIpc) is 2.37. The van der Waals surface area contributed by atoms with Crippen molar-refractivity contribution in [1.82, 2.24) is 10.2 Å². The molecule has 0 aromatic heterocycles. The summed E-state index contributed by atoms with van der Waals surface area (Å²) in [6.45, 7) is 5.85. The number of carbonyl (C=O) groups is 2. The summed E-state index contributed by atoms with van der Waals surface area (Å²) in [6, 6.07) is -1.11. The highest BCUT2D eigenvalue weighted by Gasteiger charge is 2.30. The number of ether oxygens (including phenoxy) is 1. The van der Waals surface area contributed by atoms with Gasteiger partial charge in [0.05, 0.1) is 0 Å². The number of carbonyl (C=O) groups excluding carboxylic acids is 1. The maximum Gasteiger partial charge on any atom is 0.326 e. The minimum atomic E-state index is -0.975. The van der Waals surface area contributed by atoms with Gasteiger partial charge in [-0.05, 0) is 24.7 Å². The molecule has 1 atom stereocenters. The largest absolute Gasteiger partial charge is 0.480 e. The molecule has 2 N–H and O–H groups in total. The van der Waals surface area contributed by atoms with Crippen LogP contribution in [0, 0.1) is 5.41 Å². The second kappa shape index (κ2) is 6.75. The maximum absolute atomic E-state index is 12.0. The number of urea groups is 1. The quantitative estimate of drug-likeness (QED) is 0.791. The van der Waals surface area contributed by atoms with Crippen molar-refractivity contribution in [2.75, 3.05) is 26.8 Å². The monoisotopic (exact) mass is 272 g/mol. The Labute approximate surface area is 114 Å². The smallest absolute Gasteiger partial charge is 0.326 e. The molecule has 1 fully saturated rings. The van der Waals surface area contributed by atoms with E-state index < -0.39 is 12.0 Å². The molecule has 1 aliphatic rings. The molecule has 6 heteroatoms. The lowest BCUT2D eigenvalue weighted by molar-refractivity contribution is -0.141. The molecule has 6 nitrogen and oxygen atoms in total. The lowest BCUT2D eigenvalue weighted by Crippen LogP contribution is -2.49. The van der Waals surface area contributed by atoms with Crippen molar-refractivity contribution in [3.63, 3.8) is 0 Å². The van der Waals surface area contributed by atoms with Crippen molar-refractivity contribution < 1.29 is 19.4 Å². The van der Waals surface area contributed by atoms with Crippen LogP contribution in [0.1, 0.15) is 33.1 Å². The van der Waals surface area contributed by atoms with Crippen LogP contribution in [0.2, 0.25) is 0 Å². The fourth-order valence-corrected chi connectivity index (χ4v) is 2.21. The van der Waals surface area contributed by atoms with Crippen LogP contribution in [-0.4, -0.2) is 54.9 Å². The number of hydrogen-bond acceptors (Lipinski definition) is 3. The van der Waals surface area contributed by atoms with Crippen LogP contribution in [0.4, 0.5) is 4.79 Å². The summed E-state index contributed by atoms with van der Waals surface area (Å²) in [6.07, 6.45) is 2.21. The summed E-state index contributed by atoms with van der Waals surface area (Å²) in [5.41, 5.74) is 0.0414. The van der Waals surface area contributed by atoms with Gasteiger partial charge in [-0.25, -0.2) is 9.59 Å². The van der Waals surface area contributed by atoms with Crippen molar-refractivity contribution in [2.45, 2.75) is 39.2 Å². The van der Waals surface area contributed by atoms with E-state index in [9.17, 15) is 9.59 Å². The predicted molar refractivity (Wildman–Crippen MR) is 71.0 cm³/mol. The van der Waals surface area contributed by atoms with Crippen LogP contribution < -0.4 is 5.32 Å². The fourth-order valence-electron chi connectivity index (χ4n) is 2.21. The maximum atomic E-state index is 12.0. The van der Waals surface area contributed by atoms with Gasteiger partial charge >= 0.3 is 12.0 Å². The molecule has 0 spiro atoms. The van der Waals surface area contributed by atoms with Crippen LogP contribution in [0.25, 0.3) is 0 Å². The van der Waals surface area contributed by atoms with Crippen LogP contribution in [0.3, 0.4) is 0 Å². The predicted octanol–water partition coefficient (Wildman–Crippen LogP) is 1.31. The number of nitrogens with one attached hydrogen (secondary N) is 1. The summed E-state index contributed by atoms with van der Waals surface area (Å²) >= 11 is 0. The van der Waals surface area contributed by atoms with Gasteiger partial charge in [0.1, 0.15) is 6.04 Å². The van der Waals surface area contributed by atoms with Crippen LogP contribution in [-0.2, 0) is 9.53 Å². The highest BCUT2D eigenvalue weighted by Crippen LogP contribution is 2.28. The van der Waals surface area contributed by atoms with E-state index in [0.29, 0.717) is 13.0 Å². The van der Waals surface area contributed by atoms with E-state index in [0.717, 1.165) is 26.1 Å². The van der Waals surface area contributed by atoms with Crippen molar-refractivity contribution in [3.8, 4) is 0 Å². The van der Waals surface area contributed by atoms with Crippen LogP contribution >= 0.6 is 0 Å². The highest BCUT2D eigenvalue weighted by molar-refractivity contribution is 5.82. The fraction of sp³-hybridized carbons (Fsp3) is 0.846. The second-order valence-corrected chi connectivity index (χ2v) is 5.45. The van der Waals surface area contributed by atoms with E-state index in [1.807, 2.05) is 0 Å². The van der Waals surface area contributed by atoms with Gasteiger partial charge < -0.3 is 20.1 Å². The Morgan fingerprint density at radius 1 is 1.42 bits per heavy atom. The van der Waals surface area contributed by atoms with Gasteiger partial charge in [0.2, 0.25) is 0 Å². The number of carboxylic acids is 1. The topological polar surface area (TPSA) is 78.9 Å². The van der Waals surface area contributed by atoms with E-state index >= 15 is 0 Å². The third-order valence-corrected chi connectivity index (χ3v) is 3.83. The summed E-state index contributed by atoms with van der Waals surface area (Å²) in [7, 11) is 1.52. The lowest BCUT2D eigenvalue weighted by atomic mass is 9.82. The molecule has 1 saturated heterocycles. The molecule has 0 aromatic rings. The average molecular weight is 272 g/mol. The van der Waals surface area contributed by atoms with Gasteiger partial charge in [-0.1, -0.05) is 13.8 Å². The summed E-state index contributed by atoms with van der Waals surface area (Å²) < 4.78 is 5.31. The van der Waals surface area contributed by atoms with Crippen molar-refractivity contribution in [2.24, 2.45) is 5.41 Å². The zero-order valence-electron chi connectivity index (χ0n) is 11.9. The number of hydrogen-bond donors (Lipinski definition) is 2. The van der Waals surface area contributed by atoms with Gasteiger partial charge in [0.25, 0.3) is 0 Å². The Balaban J connectivity index is 2.47. The molecular formula is C13H24N2O4. The molecule has 1 rings (SSSR count). The molecule has 1 aliphatic heterocycles. The third kappa shape index (κ3) is 4.38.